The fourth-order valence-electron chi connectivity index (χ4n) is 4.15. The molecule has 0 atom stereocenters. The van der Waals surface area contributed by atoms with Crippen molar-refractivity contribution in [3.8, 4) is 22.7 Å². The Hall–Kier alpha value is -3.65. The molecule has 164 valence electrons. The van der Waals surface area contributed by atoms with Crippen LogP contribution in [0.4, 0.5) is 11.8 Å². The van der Waals surface area contributed by atoms with Gasteiger partial charge in [0, 0.05) is 18.7 Å². The molecule has 0 unspecified atom stereocenters. The van der Waals surface area contributed by atoms with Gasteiger partial charge < -0.3 is 20.7 Å². The lowest BCUT2D eigenvalue weighted by atomic mass is 10.1. The van der Waals surface area contributed by atoms with Crippen molar-refractivity contribution in [2.24, 2.45) is 0 Å². The highest BCUT2D eigenvalue weighted by Crippen LogP contribution is 2.33. The van der Waals surface area contributed by atoms with Gasteiger partial charge in [-0.3, -0.25) is 0 Å². The molecular formula is C24H27N7O. The van der Waals surface area contributed by atoms with E-state index in [-0.39, 0.29) is 0 Å². The summed E-state index contributed by atoms with van der Waals surface area (Å²) in [6.07, 6.45) is 2.56. The van der Waals surface area contributed by atoms with Crippen molar-refractivity contribution in [1.29, 1.82) is 0 Å². The van der Waals surface area contributed by atoms with E-state index in [4.69, 9.17) is 20.6 Å². The van der Waals surface area contributed by atoms with E-state index in [2.05, 4.69) is 15.2 Å². The maximum absolute atomic E-state index is 6.57. The second-order valence-electron chi connectivity index (χ2n) is 7.93. The molecule has 1 saturated heterocycles. The summed E-state index contributed by atoms with van der Waals surface area (Å²) < 4.78 is 6.97. The summed E-state index contributed by atoms with van der Waals surface area (Å²) in [6, 6.07) is 17.6. The number of nitrogens with zero attached hydrogens (tertiary/aromatic N) is 5. The molecular weight excluding hydrogens is 402 g/mol. The number of methoxy groups -OCH3 is 1. The van der Waals surface area contributed by atoms with Crippen LogP contribution >= 0.6 is 0 Å². The highest BCUT2D eigenvalue weighted by molar-refractivity contribution is 5.99. The van der Waals surface area contributed by atoms with Crippen LogP contribution in [-0.4, -0.2) is 57.9 Å². The number of nitrogens with one attached hydrogen (secondary N) is 1. The average Bonchev–Trinajstić information content (AvgIpc) is 3.47. The van der Waals surface area contributed by atoms with Crippen LogP contribution in [0.1, 0.15) is 12.8 Å². The molecule has 1 aliphatic rings. The van der Waals surface area contributed by atoms with Crippen molar-refractivity contribution in [1.82, 2.24) is 24.6 Å². The van der Waals surface area contributed by atoms with Gasteiger partial charge in [0.1, 0.15) is 11.6 Å². The maximum atomic E-state index is 6.57. The SMILES string of the molecule is COc1ccc(-n2nc3nc(NCCN4CCCC4)nc(-c4ccccc4)c3c2N)cc1. The van der Waals surface area contributed by atoms with Gasteiger partial charge >= 0.3 is 0 Å². The summed E-state index contributed by atoms with van der Waals surface area (Å²) in [6.45, 7) is 4.10. The van der Waals surface area contributed by atoms with Gasteiger partial charge in [0.15, 0.2) is 5.65 Å². The van der Waals surface area contributed by atoms with Gasteiger partial charge in [0.2, 0.25) is 5.95 Å². The molecule has 3 N–H and O–H groups in total. The number of likely N-dealkylation sites (tertiary alicyclic amines) is 1. The first-order valence-electron chi connectivity index (χ1n) is 11.0. The molecule has 2 aromatic carbocycles. The number of anilines is 2. The van der Waals surface area contributed by atoms with E-state index >= 15 is 0 Å². The number of benzene rings is 2. The topological polar surface area (TPSA) is 94.1 Å². The third-order valence-electron chi connectivity index (χ3n) is 5.84. The molecule has 4 aromatic rings. The Morgan fingerprint density at radius 2 is 1.75 bits per heavy atom. The van der Waals surface area contributed by atoms with Gasteiger partial charge in [-0.1, -0.05) is 30.3 Å². The predicted molar refractivity (Wildman–Crippen MR) is 127 cm³/mol. The van der Waals surface area contributed by atoms with E-state index in [0.717, 1.165) is 41.2 Å². The number of nitrogen functional groups attached to an aromatic ring is 1. The van der Waals surface area contributed by atoms with Crippen LogP contribution in [0.2, 0.25) is 0 Å². The number of ether oxygens (including phenoxy) is 1. The third-order valence-corrected chi connectivity index (χ3v) is 5.84. The molecule has 2 aromatic heterocycles. The van der Waals surface area contributed by atoms with E-state index in [9.17, 15) is 0 Å². The average molecular weight is 430 g/mol. The van der Waals surface area contributed by atoms with Crippen molar-refractivity contribution in [3.63, 3.8) is 0 Å². The Morgan fingerprint density at radius 3 is 2.47 bits per heavy atom. The Labute approximate surface area is 187 Å². The summed E-state index contributed by atoms with van der Waals surface area (Å²) in [4.78, 5) is 12.0. The van der Waals surface area contributed by atoms with E-state index in [1.807, 2.05) is 54.6 Å². The molecule has 0 bridgehead atoms. The van der Waals surface area contributed by atoms with E-state index in [1.54, 1.807) is 11.8 Å². The zero-order valence-electron chi connectivity index (χ0n) is 18.2. The minimum absolute atomic E-state index is 0.507. The van der Waals surface area contributed by atoms with Gasteiger partial charge in [-0.2, -0.15) is 4.98 Å². The number of rotatable bonds is 7. The summed E-state index contributed by atoms with van der Waals surface area (Å²) in [5.74, 6) is 1.85. The van der Waals surface area contributed by atoms with E-state index in [1.165, 1.54) is 25.9 Å². The van der Waals surface area contributed by atoms with Crippen LogP contribution in [0.15, 0.2) is 54.6 Å². The number of nitrogens with two attached hydrogens (primary N) is 1. The molecule has 0 saturated carbocycles. The molecule has 0 radical (unpaired) electrons. The standard InChI is InChI=1S/C24H27N7O/c1-32-19-11-9-18(10-12-19)31-22(25)20-21(17-7-3-2-4-8-17)27-24(28-23(20)29-31)26-13-16-30-14-5-6-15-30/h2-4,7-12H,5-6,13-16,25H2,1H3,(H,26,28,29). The van der Waals surface area contributed by atoms with Crippen molar-refractivity contribution >= 4 is 22.8 Å². The summed E-state index contributed by atoms with van der Waals surface area (Å²) in [5.41, 5.74) is 9.73. The van der Waals surface area contributed by atoms with Crippen LogP contribution in [-0.2, 0) is 0 Å². The van der Waals surface area contributed by atoms with Crippen LogP contribution in [0.5, 0.6) is 5.75 Å². The molecule has 0 spiro atoms. The van der Waals surface area contributed by atoms with Gasteiger partial charge in [-0.05, 0) is 50.2 Å². The van der Waals surface area contributed by atoms with Gasteiger partial charge in [0.05, 0.1) is 23.9 Å². The fourth-order valence-corrected chi connectivity index (χ4v) is 4.15. The highest BCUT2D eigenvalue weighted by Gasteiger charge is 2.19. The summed E-state index contributed by atoms with van der Waals surface area (Å²) >= 11 is 0. The monoisotopic (exact) mass is 429 g/mol. The second kappa shape index (κ2) is 8.84. The predicted octanol–water partition coefficient (Wildman–Crippen LogP) is 3.58. The number of hydrogen-bond acceptors (Lipinski definition) is 7. The van der Waals surface area contributed by atoms with E-state index in [0.29, 0.717) is 17.4 Å². The molecule has 8 nitrogen and oxygen atoms in total. The quantitative estimate of drug-likeness (QED) is 0.464. The van der Waals surface area contributed by atoms with Crippen molar-refractivity contribution in [3.05, 3.63) is 54.6 Å². The first-order chi connectivity index (χ1) is 15.7. The third kappa shape index (κ3) is 3.97. The van der Waals surface area contributed by atoms with Gasteiger partial charge in [0.25, 0.3) is 0 Å². The first kappa shape index (κ1) is 20.3. The van der Waals surface area contributed by atoms with Crippen LogP contribution in [0.25, 0.3) is 28.0 Å². The maximum Gasteiger partial charge on any atom is 0.225 e. The molecule has 0 aliphatic carbocycles. The Bertz CT molecular complexity index is 1200. The lowest BCUT2D eigenvalue weighted by Gasteiger charge is -2.15. The lowest BCUT2D eigenvalue weighted by Crippen LogP contribution is -2.26. The normalized spacial score (nSPS) is 14.2. The Morgan fingerprint density at radius 1 is 1.00 bits per heavy atom. The fraction of sp³-hybridized carbons (Fsp3) is 0.292. The molecule has 3 heterocycles. The molecule has 8 heteroatoms. The molecule has 0 amide bonds. The van der Waals surface area contributed by atoms with E-state index < -0.39 is 0 Å². The van der Waals surface area contributed by atoms with Crippen LogP contribution in [0, 0.1) is 0 Å². The largest absolute Gasteiger partial charge is 0.497 e. The lowest BCUT2D eigenvalue weighted by molar-refractivity contribution is 0.352. The smallest absolute Gasteiger partial charge is 0.225 e. The second-order valence-corrected chi connectivity index (χ2v) is 7.93. The van der Waals surface area contributed by atoms with Gasteiger partial charge in [-0.25, -0.2) is 9.67 Å². The number of aromatic nitrogens is 4. The Balaban J connectivity index is 1.54. The zero-order chi connectivity index (χ0) is 21.9. The number of hydrogen-bond donors (Lipinski definition) is 2. The van der Waals surface area contributed by atoms with Crippen LogP contribution < -0.4 is 15.8 Å². The van der Waals surface area contributed by atoms with Gasteiger partial charge in [-0.15, -0.1) is 5.10 Å². The van der Waals surface area contributed by atoms with Crippen LogP contribution in [0.3, 0.4) is 0 Å². The van der Waals surface area contributed by atoms with Crippen molar-refractivity contribution in [2.75, 3.05) is 44.3 Å². The molecule has 5 rings (SSSR count). The molecule has 1 fully saturated rings. The minimum atomic E-state index is 0.507. The first-order valence-corrected chi connectivity index (χ1v) is 11.0. The zero-order valence-corrected chi connectivity index (χ0v) is 18.2. The van der Waals surface area contributed by atoms with Crippen molar-refractivity contribution in [2.45, 2.75) is 12.8 Å². The molecule has 1 aliphatic heterocycles. The number of fused-ring (bicyclic) bond motifs is 1. The molecule has 32 heavy (non-hydrogen) atoms. The Kier molecular flexibility index (Phi) is 5.60. The highest BCUT2D eigenvalue weighted by atomic mass is 16.5. The summed E-state index contributed by atoms with van der Waals surface area (Å²) in [5, 5.41) is 8.85. The minimum Gasteiger partial charge on any atom is -0.497 e. The summed E-state index contributed by atoms with van der Waals surface area (Å²) in [7, 11) is 1.64. The van der Waals surface area contributed by atoms with Crippen molar-refractivity contribution < 1.29 is 4.74 Å².